The van der Waals surface area contributed by atoms with Crippen LogP contribution in [0.2, 0.25) is 0 Å². The molecule has 0 saturated heterocycles. The van der Waals surface area contributed by atoms with Gasteiger partial charge in [-0.15, -0.1) is 0 Å². The van der Waals surface area contributed by atoms with Crippen molar-refractivity contribution in [3.05, 3.63) is 57.9 Å². The molecule has 0 aliphatic rings. The molecule has 2 rings (SSSR count). The lowest BCUT2D eigenvalue weighted by molar-refractivity contribution is -0.385. The summed E-state index contributed by atoms with van der Waals surface area (Å²) in [6.45, 7) is 1.45. The SMILES string of the molecule is Cc1ncccc1Oc1ccc([N+](=O)[O-])cc1CO. The van der Waals surface area contributed by atoms with Crippen LogP contribution in [0.1, 0.15) is 11.3 Å². The maximum absolute atomic E-state index is 10.7. The molecule has 6 nitrogen and oxygen atoms in total. The zero-order valence-electron chi connectivity index (χ0n) is 10.2. The van der Waals surface area contributed by atoms with Crippen LogP contribution in [0.15, 0.2) is 36.5 Å². The van der Waals surface area contributed by atoms with Crippen molar-refractivity contribution in [3.63, 3.8) is 0 Å². The van der Waals surface area contributed by atoms with Gasteiger partial charge >= 0.3 is 0 Å². The van der Waals surface area contributed by atoms with E-state index in [-0.39, 0.29) is 12.3 Å². The van der Waals surface area contributed by atoms with E-state index in [1.807, 2.05) is 0 Å². The lowest BCUT2D eigenvalue weighted by atomic mass is 10.2. The van der Waals surface area contributed by atoms with Crippen LogP contribution in [0.4, 0.5) is 5.69 Å². The number of ether oxygens (including phenoxy) is 1. The Balaban J connectivity index is 2.35. The van der Waals surface area contributed by atoms with Crippen LogP contribution in [0.5, 0.6) is 11.5 Å². The molecule has 0 amide bonds. The second-order valence-electron chi connectivity index (χ2n) is 3.90. The molecule has 19 heavy (non-hydrogen) atoms. The number of aliphatic hydroxyl groups excluding tert-OH is 1. The number of aryl methyl sites for hydroxylation is 1. The summed E-state index contributed by atoms with van der Waals surface area (Å²) in [6, 6.07) is 7.56. The molecular weight excluding hydrogens is 248 g/mol. The van der Waals surface area contributed by atoms with Gasteiger partial charge in [0.1, 0.15) is 11.5 Å². The fraction of sp³-hybridized carbons (Fsp3) is 0.154. The van der Waals surface area contributed by atoms with E-state index in [0.29, 0.717) is 22.8 Å². The smallest absolute Gasteiger partial charge is 0.270 e. The van der Waals surface area contributed by atoms with Gasteiger partial charge in [-0.25, -0.2) is 0 Å². The van der Waals surface area contributed by atoms with Gasteiger partial charge in [-0.1, -0.05) is 0 Å². The third-order valence-corrected chi connectivity index (χ3v) is 2.60. The maximum Gasteiger partial charge on any atom is 0.270 e. The molecule has 1 N–H and O–H groups in total. The summed E-state index contributed by atoms with van der Waals surface area (Å²) in [5, 5.41) is 19.9. The number of hydrogen-bond acceptors (Lipinski definition) is 5. The zero-order valence-corrected chi connectivity index (χ0v) is 10.2. The van der Waals surface area contributed by atoms with E-state index in [9.17, 15) is 15.2 Å². The second-order valence-corrected chi connectivity index (χ2v) is 3.90. The van der Waals surface area contributed by atoms with Crippen molar-refractivity contribution in [2.24, 2.45) is 0 Å². The molecule has 0 atom stereocenters. The van der Waals surface area contributed by atoms with Crippen LogP contribution < -0.4 is 4.74 Å². The highest BCUT2D eigenvalue weighted by Crippen LogP contribution is 2.29. The monoisotopic (exact) mass is 260 g/mol. The summed E-state index contributed by atoms with van der Waals surface area (Å²) in [6.07, 6.45) is 1.64. The molecule has 1 aromatic heterocycles. The van der Waals surface area contributed by atoms with Gasteiger partial charge in [-0.2, -0.15) is 0 Å². The quantitative estimate of drug-likeness (QED) is 0.674. The van der Waals surface area contributed by atoms with Crippen molar-refractivity contribution in [1.82, 2.24) is 4.98 Å². The Hall–Kier alpha value is -2.47. The van der Waals surface area contributed by atoms with E-state index in [0.717, 1.165) is 0 Å². The Kier molecular flexibility index (Phi) is 3.72. The fourth-order valence-electron chi connectivity index (χ4n) is 1.60. The number of nitro benzene ring substituents is 1. The first kappa shape index (κ1) is 13.0. The molecule has 0 fully saturated rings. The third-order valence-electron chi connectivity index (χ3n) is 2.60. The Morgan fingerprint density at radius 3 is 2.79 bits per heavy atom. The molecule has 0 saturated carbocycles. The first-order chi connectivity index (χ1) is 9.11. The van der Waals surface area contributed by atoms with E-state index in [4.69, 9.17) is 4.74 Å². The highest BCUT2D eigenvalue weighted by molar-refractivity contribution is 5.45. The van der Waals surface area contributed by atoms with Crippen molar-refractivity contribution in [3.8, 4) is 11.5 Å². The molecule has 0 spiro atoms. The summed E-state index contributed by atoms with van der Waals surface area (Å²) >= 11 is 0. The Morgan fingerprint density at radius 2 is 2.16 bits per heavy atom. The molecule has 1 heterocycles. The van der Waals surface area contributed by atoms with Crippen LogP contribution in [-0.2, 0) is 6.61 Å². The van der Waals surface area contributed by atoms with E-state index in [1.165, 1.54) is 18.2 Å². The Morgan fingerprint density at radius 1 is 1.37 bits per heavy atom. The highest BCUT2D eigenvalue weighted by atomic mass is 16.6. The molecular formula is C13H12N2O4. The molecule has 0 unspecified atom stereocenters. The van der Waals surface area contributed by atoms with Gasteiger partial charge in [-0.05, 0) is 25.1 Å². The van der Waals surface area contributed by atoms with Crippen molar-refractivity contribution >= 4 is 5.69 Å². The summed E-state index contributed by atoms with van der Waals surface area (Å²) < 4.78 is 5.62. The third kappa shape index (κ3) is 2.86. The lowest BCUT2D eigenvalue weighted by Gasteiger charge is -2.10. The minimum Gasteiger partial charge on any atom is -0.455 e. The molecule has 98 valence electrons. The van der Waals surface area contributed by atoms with Crippen LogP contribution in [0.3, 0.4) is 0 Å². The van der Waals surface area contributed by atoms with Gasteiger partial charge in [0.25, 0.3) is 5.69 Å². The number of aliphatic hydroxyl groups is 1. The Labute approximate surface area is 109 Å². The summed E-state index contributed by atoms with van der Waals surface area (Å²) in [4.78, 5) is 14.2. The number of hydrogen-bond donors (Lipinski definition) is 1. The Bertz CT molecular complexity index is 613. The van der Waals surface area contributed by atoms with Crippen LogP contribution in [0.25, 0.3) is 0 Å². The van der Waals surface area contributed by atoms with Crippen molar-refractivity contribution in [1.29, 1.82) is 0 Å². The first-order valence-corrected chi connectivity index (χ1v) is 5.59. The number of nitro groups is 1. The van der Waals surface area contributed by atoms with Gasteiger partial charge < -0.3 is 9.84 Å². The van der Waals surface area contributed by atoms with E-state index >= 15 is 0 Å². The number of rotatable bonds is 4. The van der Waals surface area contributed by atoms with Gasteiger partial charge in [0, 0.05) is 23.9 Å². The van der Waals surface area contributed by atoms with Gasteiger partial charge in [0.05, 0.1) is 17.2 Å². The maximum atomic E-state index is 10.7. The van der Waals surface area contributed by atoms with E-state index in [1.54, 1.807) is 25.3 Å². The average molecular weight is 260 g/mol. The number of aromatic nitrogens is 1. The molecule has 6 heteroatoms. The normalized spacial score (nSPS) is 10.2. The number of pyridine rings is 1. The van der Waals surface area contributed by atoms with Crippen LogP contribution >= 0.6 is 0 Å². The molecule has 0 radical (unpaired) electrons. The predicted octanol–water partition coefficient (Wildman–Crippen LogP) is 2.58. The standard InChI is InChI=1S/C13H12N2O4/c1-9-12(3-2-6-14-9)19-13-5-4-11(15(17)18)7-10(13)8-16/h2-7,16H,8H2,1H3. The number of benzene rings is 1. The van der Waals surface area contributed by atoms with Gasteiger partial charge in [0.2, 0.25) is 0 Å². The molecule has 0 bridgehead atoms. The zero-order chi connectivity index (χ0) is 13.8. The topological polar surface area (TPSA) is 85.5 Å². The highest BCUT2D eigenvalue weighted by Gasteiger charge is 2.12. The fourth-order valence-corrected chi connectivity index (χ4v) is 1.60. The van der Waals surface area contributed by atoms with Crippen molar-refractivity contribution in [2.45, 2.75) is 13.5 Å². The van der Waals surface area contributed by atoms with E-state index in [2.05, 4.69) is 4.98 Å². The average Bonchev–Trinajstić information content (AvgIpc) is 2.41. The molecule has 0 aliphatic carbocycles. The molecule has 1 aromatic carbocycles. The van der Waals surface area contributed by atoms with Crippen LogP contribution in [-0.4, -0.2) is 15.0 Å². The molecule has 0 aliphatic heterocycles. The number of non-ortho nitro benzene ring substituents is 1. The van der Waals surface area contributed by atoms with Gasteiger partial charge in [0.15, 0.2) is 0 Å². The minimum absolute atomic E-state index is 0.0840. The van der Waals surface area contributed by atoms with Crippen molar-refractivity contribution in [2.75, 3.05) is 0 Å². The first-order valence-electron chi connectivity index (χ1n) is 5.59. The summed E-state index contributed by atoms with van der Waals surface area (Å²) in [5.74, 6) is 0.926. The van der Waals surface area contributed by atoms with Crippen LogP contribution in [0, 0.1) is 17.0 Å². The van der Waals surface area contributed by atoms with Gasteiger partial charge in [-0.3, -0.25) is 15.1 Å². The second kappa shape index (κ2) is 5.45. The molecule has 2 aromatic rings. The summed E-state index contributed by atoms with van der Waals surface area (Å²) in [7, 11) is 0. The van der Waals surface area contributed by atoms with E-state index < -0.39 is 4.92 Å². The predicted molar refractivity (Wildman–Crippen MR) is 68.1 cm³/mol. The largest absolute Gasteiger partial charge is 0.455 e. The lowest BCUT2D eigenvalue weighted by Crippen LogP contribution is -1.96. The number of nitrogens with zero attached hydrogens (tertiary/aromatic N) is 2. The summed E-state index contributed by atoms with van der Waals surface area (Å²) in [5.41, 5.74) is 0.974. The minimum atomic E-state index is -0.516. The van der Waals surface area contributed by atoms with Crippen molar-refractivity contribution < 1.29 is 14.8 Å².